The van der Waals surface area contributed by atoms with E-state index in [-0.39, 0.29) is 53.7 Å². The number of fused-ring (bicyclic) bond motifs is 1. The number of amides is 1. The molecule has 3 aromatic carbocycles. The van der Waals surface area contributed by atoms with Crippen LogP contribution in [-0.2, 0) is 29.1 Å². The highest BCUT2D eigenvalue weighted by Gasteiger charge is 2.45. The van der Waals surface area contributed by atoms with E-state index in [0.29, 0.717) is 35.5 Å². The second-order valence-electron chi connectivity index (χ2n) is 11.7. The molecule has 1 N–H and O–H groups in total. The summed E-state index contributed by atoms with van der Waals surface area (Å²) in [4.78, 5) is 34.2. The molecule has 0 bridgehead atoms. The summed E-state index contributed by atoms with van der Waals surface area (Å²) in [6.07, 6.45) is -0.116. The number of aromatic nitrogens is 3. The minimum Gasteiger partial charge on any atom is -0.478 e. The summed E-state index contributed by atoms with van der Waals surface area (Å²) in [5.74, 6) is -2.59. The molecule has 0 saturated carbocycles. The maximum atomic E-state index is 15.7. The number of rotatable bonds is 10. The van der Waals surface area contributed by atoms with Crippen molar-refractivity contribution in [2.24, 2.45) is 0 Å². The van der Waals surface area contributed by atoms with Crippen LogP contribution in [0.15, 0.2) is 66.7 Å². The third-order valence-corrected chi connectivity index (χ3v) is 8.43. The van der Waals surface area contributed by atoms with E-state index in [0.717, 1.165) is 17.7 Å². The van der Waals surface area contributed by atoms with Crippen LogP contribution < -0.4 is 4.74 Å². The molecular weight excluding hydrogens is 613 g/mol. The van der Waals surface area contributed by atoms with Crippen molar-refractivity contribution in [1.29, 1.82) is 0 Å². The van der Waals surface area contributed by atoms with Gasteiger partial charge in [-0.2, -0.15) is 0 Å². The highest BCUT2D eigenvalue weighted by Crippen LogP contribution is 2.32. The molecule has 1 aliphatic heterocycles. The Morgan fingerprint density at radius 2 is 1.70 bits per heavy atom. The molecule has 242 valence electrons. The van der Waals surface area contributed by atoms with Crippen molar-refractivity contribution in [3.63, 3.8) is 0 Å². The van der Waals surface area contributed by atoms with Crippen LogP contribution in [0.3, 0.4) is 0 Å². The number of imidazole rings is 1. The highest BCUT2D eigenvalue weighted by molar-refractivity contribution is 5.92. The average molecular weight is 645 g/mol. The Labute approximate surface area is 268 Å². The molecule has 0 atom stereocenters. The van der Waals surface area contributed by atoms with E-state index >= 15 is 8.78 Å². The first-order valence-corrected chi connectivity index (χ1v) is 14.8. The zero-order valence-electron chi connectivity index (χ0n) is 25.9. The molecule has 1 amide bonds. The molecule has 6 rings (SSSR count). The molecule has 0 radical (unpaired) electrons. The summed E-state index contributed by atoms with van der Waals surface area (Å²) in [5, 5.41) is 9.60. The van der Waals surface area contributed by atoms with Crippen molar-refractivity contribution >= 4 is 22.9 Å². The van der Waals surface area contributed by atoms with E-state index in [9.17, 15) is 19.1 Å². The lowest BCUT2D eigenvalue weighted by atomic mass is 9.93. The number of hydrogen-bond donors (Lipinski definition) is 1. The van der Waals surface area contributed by atoms with Gasteiger partial charge in [0.2, 0.25) is 11.8 Å². The first kappa shape index (κ1) is 31.7. The van der Waals surface area contributed by atoms with Gasteiger partial charge in [-0.25, -0.2) is 27.9 Å². The molecular formula is C35H31F3N4O5. The molecule has 1 aliphatic rings. The fraction of sp³-hybridized carbons (Fsp3) is 0.257. The maximum absolute atomic E-state index is 15.7. The van der Waals surface area contributed by atoms with Gasteiger partial charge in [0.1, 0.15) is 35.5 Å². The van der Waals surface area contributed by atoms with Gasteiger partial charge in [-0.15, -0.1) is 0 Å². The van der Waals surface area contributed by atoms with Crippen molar-refractivity contribution in [1.82, 2.24) is 19.4 Å². The number of benzene rings is 3. The number of carbonyl (C=O) groups excluding carboxylic acids is 1. The predicted molar refractivity (Wildman–Crippen MR) is 167 cm³/mol. The zero-order chi connectivity index (χ0) is 33.5. The van der Waals surface area contributed by atoms with Crippen LogP contribution in [0.4, 0.5) is 13.2 Å². The van der Waals surface area contributed by atoms with E-state index in [1.807, 2.05) is 0 Å². The van der Waals surface area contributed by atoms with Gasteiger partial charge < -0.3 is 24.0 Å². The normalized spacial score (nSPS) is 13.9. The third kappa shape index (κ3) is 6.41. The highest BCUT2D eigenvalue weighted by atomic mass is 19.1. The fourth-order valence-corrected chi connectivity index (χ4v) is 5.73. The standard InChI is InChI=1S/C35H31F3N4O5/c1-20-7-8-23(26(36)11-20)16-47-33-6-4-5-29(40-33)25-15-27(37)24(12-28(25)38)14-32-39-30-10-9-22(34(44)45)13-31(30)42(32)19-35(46-3)17-41(18-35)21(2)43/h4-13,15H,14,16-19H2,1-3H3,(H,44,45). The van der Waals surface area contributed by atoms with Crippen LogP contribution in [0.2, 0.25) is 0 Å². The van der Waals surface area contributed by atoms with Gasteiger partial charge in [-0.3, -0.25) is 4.79 Å². The summed E-state index contributed by atoms with van der Waals surface area (Å²) < 4.78 is 58.7. The molecule has 0 unspecified atom stereocenters. The number of methoxy groups -OCH3 is 1. The summed E-state index contributed by atoms with van der Waals surface area (Å²) in [7, 11) is 1.53. The predicted octanol–water partition coefficient (Wildman–Crippen LogP) is 5.94. The fourth-order valence-electron chi connectivity index (χ4n) is 5.73. The number of hydrogen-bond acceptors (Lipinski definition) is 6. The minimum atomic E-state index is -1.12. The number of aryl methyl sites for hydroxylation is 1. The van der Waals surface area contributed by atoms with E-state index in [1.165, 1.54) is 38.3 Å². The Morgan fingerprint density at radius 1 is 0.936 bits per heavy atom. The number of aromatic carboxylic acids is 1. The summed E-state index contributed by atoms with van der Waals surface area (Å²) >= 11 is 0. The number of carboxylic acid groups (broad SMARTS) is 1. The van der Waals surface area contributed by atoms with Crippen molar-refractivity contribution in [2.75, 3.05) is 20.2 Å². The molecule has 47 heavy (non-hydrogen) atoms. The van der Waals surface area contributed by atoms with E-state index in [1.54, 1.807) is 46.7 Å². The monoisotopic (exact) mass is 644 g/mol. The number of carbonyl (C=O) groups is 2. The van der Waals surface area contributed by atoms with Crippen molar-refractivity contribution in [3.05, 3.63) is 112 Å². The van der Waals surface area contributed by atoms with Gasteiger partial charge in [-0.05, 0) is 60.5 Å². The number of ether oxygens (including phenoxy) is 2. The average Bonchev–Trinajstić information content (AvgIpc) is 3.35. The van der Waals surface area contributed by atoms with Gasteiger partial charge in [0.25, 0.3) is 0 Å². The molecule has 0 aliphatic carbocycles. The second kappa shape index (κ2) is 12.5. The van der Waals surface area contributed by atoms with Gasteiger partial charge in [0, 0.05) is 37.6 Å². The molecule has 9 nitrogen and oxygen atoms in total. The Bertz CT molecular complexity index is 2020. The smallest absolute Gasteiger partial charge is 0.335 e. The Hall–Kier alpha value is -5.23. The van der Waals surface area contributed by atoms with Crippen molar-refractivity contribution in [2.45, 2.75) is 39.0 Å². The van der Waals surface area contributed by atoms with Gasteiger partial charge in [0.15, 0.2) is 0 Å². The lowest BCUT2D eigenvalue weighted by molar-refractivity contribution is -0.163. The van der Waals surface area contributed by atoms with Gasteiger partial charge in [-0.1, -0.05) is 18.2 Å². The number of carboxylic acids is 1. The molecule has 1 fully saturated rings. The molecule has 2 aromatic heterocycles. The first-order valence-electron chi connectivity index (χ1n) is 14.8. The third-order valence-electron chi connectivity index (χ3n) is 8.43. The molecule has 0 spiro atoms. The molecule has 5 aromatic rings. The second-order valence-corrected chi connectivity index (χ2v) is 11.7. The molecule has 1 saturated heterocycles. The topological polar surface area (TPSA) is 107 Å². The number of nitrogens with zero attached hydrogens (tertiary/aromatic N) is 4. The lowest BCUT2D eigenvalue weighted by Crippen LogP contribution is -2.65. The van der Waals surface area contributed by atoms with Crippen LogP contribution in [-0.4, -0.2) is 62.2 Å². The lowest BCUT2D eigenvalue weighted by Gasteiger charge is -2.49. The number of pyridine rings is 1. The first-order chi connectivity index (χ1) is 22.4. The van der Waals surface area contributed by atoms with Crippen LogP contribution in [0.1, 0.15) is 39.8 Å². The van der Waals surface area contributed by atoms with E-state index in [4.69, 9.17) is 9.47 Å². The Morgan fingerprint density at radius 3 is 2.40 bits per heavy atom. The van der Waals surface area contributed by atoms with Gasteiger partial charge >= 0.3 is 5.97 Å². The minimum absolute atomic E-state index is 0.0222. The van der Waals surface area contributed by atoms with E-state index < -0.39 is 29.0 Å². The van der Waals surface area contributed by atoms with Crippen molar-refractivity contribution in [3.8, 4) is 17.1 Å². The Balaban J connectivity index is 1.29. The quantitative estimate of drug-likeness (QED) is 0.201. The zero-order valence-corrected chi connectivity index (χ0v) is 25.9. The van der Waals surface area contributed by atoms with Crippen LogP contribution >= 0.6 is 0 Å². The maximum Gasteiger partial charge on any atom is 0.335 e. The largest absolute Gasteiger partial charge is 0.478 e. The van der Waals surface area contributed by atoms with Crippen molar-refractivity contribution < 1.29 is 37.3 Å². The van der Waals surface area contributed by atoms with E-state index in [2.05, 4.69) is 9.97 Å². The van der Waals surface area contributed by atoms with Crippen LogP contribution in [0.5, 0.6) is 5.88 Å². The summed E-state index contributed by atoms with van der Waals surface area (Å²) in [6.45, 7) is 3.97. The van der Waals surface area contributed by atoms with Gasteiger partial charge in [0.05, 0.1) is 41.9 Å². The Kier molecular flexibility index (Phi) is 8.45. The summed E-state index contributed by atoms with van der Waals surface area (Å²) in [5.41, 5.74) is 1.40. The van der Waals surface area contributed by atoms with Crippen LogP contribution in [0, 0.1) is 24.4 Å². The molecule has 3 heterocycles. The SMILES string of the molecule is COC1(Cn2c(Cc3cc(F)c(-c4cccc(OCc5ccc(C)cc5F)n4)cc3F)nc3ccc(C(=O)O)cc32)CN(C(C)=O)C1. The van der Waals surface area contributed by atoms with Crippen LogP contribution in [0.25, 0.3) is 22.3 Å². The number of likely N-dealkylation sites (tertiary alicyclic amines) is 1. The number of halogens is 3. The summed E-state index contributed by atoms with van der Waals surface area (Å²) in [6, 6.07) is 16.0. The molecule has 12 heteroatoms.